The van der Waals surface area contributed by atoms with Gasteiger partial charge in [-0.25, -0.2) is 0 Å². The van der Waals surface area contributed by atoms with E-state index in [1.54, 1.807) is 0 Å². The SMILES string of the molecule is CCC(C)(CO)CO.CCC(CC)(CO)CO. The first kappa shape index (κ1) is 19.2. The Balaban J connectivity index is 0. The average Bonchev–Trinajstić information content (AvgIpc) is 2.42. The highest BCUT2D eigenvalue weighted by Gasteiger charge is 2.23. The first-order chi connectivity index (χ1) is 7.92. The third kappa shape index (κ3) is 6.99. The van der Waals surface area contributed by atoms with Gasteiger partial charge in [0, 0.05) is 10.8 Å². The number of rotatable bonds is 7. The summed E-state index contributed by atoms with van der Waals surface area (Å²) in [5.74, 6) is 0. The molecule has 4 heteroatoms. The molecule has 4 N–H and O–H groups in total. The molecule has 0 atom stereocenters. The minimum Gasteiger partial charge on any atom is -0.396 e. The maximum atomic E-state index is 8.82. The van der Waals surface area contributed by atoms with Gasteiger partial charge in [-0.2, -0.15) is 0 Å². The standard InChI is InChI=1S/C7H16O2.C6H14O2/c1-3-7(4-2,5-8)6-9;1-3-6(2,4-7)5-8/h8-9H,3-6H2,1-2H3;7-8H,3-5H2,1-2H3. The first-order valence-electron chi connectivity index (χ1n) is 6.36. The fraction of sp³-hybridized carbons (Fsp3) is 1.00. The maximum absolute atomic E-state index is 8.82. The van der Waals surface area contributed by atoms with Crippen molar-refractivity contribution < 1.29 is 20.4 Å². The van der Waals surface area contributed by atoms with Gasteiger partial charge in [-0.15, -0.1) is 0 Å². The first-order valence-corrected chi connectivity index (χ1v) is 6.36. The van der Waals surface area contributed by atoms with Crippen LogP contribution in [-0.4, -0.2) is 46.9 Å². The lowest BCUT2D eigenvalue weighted by atomic mass is 9.84. The summed E-state index contributed by atoms with van der Waals surface area (Å²) in [4.78, 5) is 0. The molecule has 0 aromatic rings. The fourth-order valence-electron chi connectivity index (χ4n) is 1.02. The predicted molar refractivity (Wildman–Crippen MR) is 69.8 cm³/mol. The molecule has 0 heterocycles. The molecule has 0 aliphatic carbocycles. The van der Waals surface area contributed by atoms with Gasteiger partial charge in [-0.3, -0.25) is 0 Å². The van der Waals surface area contributed by atoms with Crippen LogP contribution < -0.4 is 0 Å². The largest absolute Gasteiger partial charge is 0.396 e. The van der Waals surface area contributed by atoms with E-state index in [1.807, 2.05) is 27.7 Å². The van der Waals surface area contributed by atoms with Crippen molar-refractivity contribution in [1.82, 2.24) is 0 Å². The van der Waals surface area contributed by atoms with E-state index in [0.717, 1.165) is 19.3 Å². The van der Waals surface area contributed by atoms with Gasteiger partial charge >= 0.3 is 0 Å². The van der Waals surface area contributed by atoms with Gasteiger partial charge < -0.3 is 20.4 Å². The number of aliphatic hydroxyl groups is 4. The maximum Gasteiger partial charge on any atom is 0.0509 e. The zero-order chi connectivity index (χ0) is 13.9. The molecule has 17 heavy (non-hydrogen) atoms. The molecule has 0 saturated heterocycles. The van der Waals surface area contributed by atoms with E-state index < -0.39 is 0 Å². The second-order valence-electron chi connectivity index (χ2n) is 5.00. The van der Waals surface area contributed by atoms with E-state index in [0.29, 0.717) is 0 Å². The summed E-state index contributed by atoms with van der Waals surface area (Å²) in [5.41, 5.74) is -0.486. The van der Waals surface area contributed by atoms with Gasteiger partial charge in [0.25, 0.3) is 0 Å². The quantitative estimate of drug-likeness (QED) is 0.547. The van der Waals surface area contributed by atoms with Crippen LogP contribution in [0.3, 0.4) is 0 Å². The lowest BCUT2D eigenvalue weighted by Crippen LogP contribution is -2.27. The second kappa shape index (κ2) is 9.83. The Bertz CT molecular complexity index is 137. The normalized spacial score (nSPS) is 12.0. The van der Waals surface area contributed by atoms with E-state index in [-0.39, 0.29) is 37.3 Å². The molecule has 0 radical (unpaired) electrons. The molecule has 0 spiro atoms. The van der Waals surface area contributed by atoms with Crippen molar-refractivity contribution in [2.75, 3.05) is 26.4 Å². The van der Waals surface area contributed by atoms with Crippen LogP contribution in [0.2, 0.25) is 0 Å². The van der Waals surface area contributed by atoms with Gasteiger partial charge in [-0.1, -0.05) is 27.7 Å². The molecule has 106 valence electrons. The molecule has 0 aromatic carbocycles. The van der Waals surface area contributed by atoms with E-state index in [1.165, 1.54) is 0 Å². The zero-order valence-electron chi connectivity index (χ0n) is 11.7. The van der Waals surface area contributed by atoms with Crippen LogP contribution >= 0.6 is 0 Å². The van der Waals surface area contributed by atoms with Crippen molar-refractivity contribution in [2.24, 2.45) is 10.8 Å². The smallest absolute Gasteiger partial charge is 0.0509 e. The summed E-state index contributed by atoms with van der Waals surface area (Å²) in [5, 5.41) is 34.9. The van der Waals surface area contributed by atoms with Crippen LogP contribution in [0.15, 0.2) is 0 Å². The number of aliphatic hydroxyl groups excluding tert-OH is 4. The Kier molecular flexibility index (Phi) is 11.1. The third-order valence-corrected chi connectivity index (χ3v) is 3.79. The Hall–Kier alpha value is -0.160. The summed E-state index contributed by atoms with van der Waals surface area (Å²) in [6.07, 6.45) is 2.51. The Labute approximate surface area is 105 Å². The van der Waals surface area contributed by atoms with E-state index >= 15 is 0 Å². The molecule has 0 unspecified atom stereocenters. The zero-order valence-corrected chi connectivity index (χ0v) is 11.7. The monoisotopic (exact) mass is 250 g/mol. The molecule has 0 saturated carbocycles. The van der Waals surface area contributed by atoms with Crippen molar-refractivity contribution >= 4 is 0 Å². The average molecular weight is 250 g/mol. The fourth-order valence-corrected chi connectivity index (χ4v) is 1.02. The highest BCUT2D eigenvalue weighted by Crippen LogP contribution is 2.23. The van der Waals surface area contributed by atoms with Crippen molar-refractivity contribution in [3.05, 3.63) is 0 Å². The Morgan fingerprint density at radius 3 is 1.00 bits per heavy atom. The van der Waals surface area contributed by atoms with Crippen molar-refractivity contribution in [3.63, 3.8) is 0 Å². The van der Waals surface area contributed by atoms with Crippen LogP contribution in [0, 0.1) is 10.8 Å². The molecule has 0 aromatic heterocycles. The lowest BCUT2D eigenvalue weighted by molar-refractivity contribution is 0.0480. The summed E-state index contributed by atoms with van der Waals surface area (Å²) in [6, 6.07) is 0. The second-order valence-corrected chi connectivity index (χ2v) is 5.00. The number of hydrogen-bond donors (Lipinski definition) is 4. The molecule has 0 aliphatic rings. The summed E-state index contributed by atoms with van der Waals surface area (Å²) >= 11 is 0. The lowest BCUT2D eigenvalue weighted by Gasteiger charge is -2.25. The number of hydrogen-bond acceptors (Lipinski definition) is 4. The van der Waals surface area contributed by atoms with Crippen LogP contribution in [0.5, 0.6) is 0 Å². The highest BCUT2D eigenvalue weighted by molar-refractivity contribution is 4.73. The summed E-state index contributed by atoms with van der Waals surface area (Å²) < 4.78 is 0. The van der Waals surface area contributed by atoms with E-state index in [4.69, 9.17) is 20.4 Å². The van der Waals surface area contributed by atoms with Crippen molar-refractivity contribution in [2.45, 2.75) is 47.0 Å². The van der Waals surface area contributed by atoms with Crippen LogP contribution in [0.4, 0.5) is 0 Å². The van der Waals surface area contributed by atoms with E-state index in [9.17, 15) is 0 Å². The molecule has 0 amide bonds. The van der Waals surface area contributed by atoms with Gasteiger partial charge in [0.15, 0.2) is 0 Å². The molecule has 0 aliphatic heterocycles. The van der Waals surface area contributed by atoms with Crippen molar-refractivity contribution in [3.8, 4) is 0 Å². The minimum absolute atomic E-state index is 0.0694. The molecular weight excluding hydrogens is 220 g/mol. The van der Waals surface area contributed by atoms with Gasteiger partial charge in [-0.05, 0) is 19.3 Å². The predicted octanol–water partition coefficient (Wildman–Crippen LogP) is 1.16. The van der Waals surface area contributed by atoms with Crippen LogP contribution in [0.25, 0.3) is 0 Å². The van der Waals surface area contributed by atoms with Crippen LogP contribution in [0.1, 0.15) is 47.0 Å². The van der Waals surface area contributed by atoms with Gasteiger partial charge in [0.05, 0.1) is 26.4 Å². The Morgan fingerprint density at radius 2 is 1.00 bits per heavy atom. The van der Waals surface area contributed by atoms with Crippen LogP contribution in [-0.2, 0) is 0 Å². The van der Waals surface area contributed by atoms with Gasteiger partial charge in [0.1, 0.15) is 0 Å². The summed E-state index contributed by atoms with van der Waals surface area (Å²) in [6.45, 7) is 8.10. The highest BCUT2D eigenvalue weighted by atomic mass is 16.3. The van der Waals surface area contributed by atoms with Crippen molar-refractivity contribution in [1.29, 1.82) is 0 Å². The van der Waals surface area contributed by atoms with Gasteiger partial charge in [0.2, 0.25) is 0 Å². The topological polar surface area (TPSA) is 80.9 Å². The Morgan fingerprint density at radius 1 is 0.647 bits per heavy atom. The van der Waals surface area contributed by atoms with E-state index in [2.05, 4.69) is 0 Å². The molecule has 0 bridgehead atoms. The molecule has 0 rings (SSSR count). The molecular formula is C13H30O4. The molecule has 0 fully saturated rings. The molecule has 4 nitrogen and oxygen atoms in total. The summed E-state index contributed by atoms with van der Waals surface area (Å²) in [7, 11) is 0. The minimum atomic E-state index is -0.264. The third-order valence-electron chi connectivity index (χ3n) is 3.79.